The van der Waals surface area contributed by atoms with Crippen LogP contribution in [0.5, 0.6) is 5.75 Å². The third-order valence-corrected chi connectivity index (χ3v) is 3.99. The third-order valence-electron chi connectivity index (χ3n) is 3.75. The molecule has 128 valence electrons. The molecule has 0 radical (unpaired) electrons. The lowest BCUT2D eigenvalue weighted by Crippen LogP contribution is -2.03. The van der Waals surface area contributed by atoms with Crippen LogP contribution < -0.4 is 15.4 Å². The van der Waals surface area contributed by atoms with Crippen LogP contribution in [0, 0.1) is 6.92 Å². The van der Waals surface area contributed by atoms with E-state index in [1.165, 1.54) is 6.33 Å². The summed E-state index contributed by atoms with van der Waals surface area (Å²) in [6.45, 7) is 2.67. The van der Waals surface area contributed by atoms with Gasteiger partial charge in [-0.15, -0.1) is 0 Å². The molecule has 0 saturated heterocycles. The predicted octanol–water partition coefficient (Wildman–Crippen LogP) is 4.80. The summed E-state index contributed by atoms with van der Waals surface area (Å²) < 4.78 is 5.16. The number of halogens is 1. The highest BCUT2D eigenvalue weighted by molar-refractivity contribution is 6.30. The number of methoxy groups -OCH3 is 1. The number of aromatic nitrogens is 2. The first-order valence-electron chi connectivity index (χ1n) is 7.86. The average molecular weight is 355 g/mol. The molecule has 0 saturated carbocycles. The van der Waals surface area contributed by atoms with Crippen molar-refractivity contribution in [2.24, 2.45) is 0 Å². The average Bonchev–Trinajstić information content (AvgIpc) is 2.63. The van der Waals surface area contributed by atoms with Crippen LogP contribution >= 0.6 is 11.6 Å². The summed E-state index contributed by atoms with van der Waals surface area (Å²) >= 11 is 5.99. The standard InChI is InChI=1S/C19H19ClN4O/c1-13-9-15(20)5-8-17(13)24-19-10-18(22-12-23-19)21-11-14-3-6-16(25-2)7-4-14/h3-10,12H,11H2,1-2H3,(H2,21,22,23,24). The summed E-state index contributed by atoms with van der Waals surface area (Å²) in [4.78, 5) is 8.52. The van der Waals surface area contributed by atoms with Gasteiger partial charge in [-0.1, -0.05) is 23.7 Å². The Balaban J connectivity index is 1.66. The molecular weight excluding hydrogens is 336 g/mol. The molecule has 1 heterocycles. The predicted molar refractivity (Wildman–Crippen MR) is 102 cm³/mol. The van der Waals surface area contributed by atoms with Crippen molar-refractivity contribution in [3.63, 3.8) is 0 Å². The molecule has 0 bridgehead atoms. The van der Waals surface area contributed by atoms with E-state index in [-0.39, 0.29) is 0 Å². The monoisotopic (exact) mass is 354 g/mol. The van der Waals surface area contributed by atoms with Crippen LogP contribution in [0.4, 0.5) is 17.3 Å². The van der Waals surface area contributed by atoms with E-state index in [2.05, 4.69) is 20.6 Å². The lowest BCUT2D eigenvalue weighted by atomic mass is 10.2. The van der Waals surface area contributed by atoms with Crippen LogP contribution in [0.15, 0.2) is 54.9 Å². The zero-order chi connectivity index (χ0) is 17.6. The molecule has 0 unspecified atom stereocenters. The summed E-state index contributed by atoms with van der Waals surface area (Å²) in [6.07, 6.45) is 1.53. The maximum atomic E-state index is 5.99. The van der Waals surface area contributed by atoms with Crippen molar-refractivity contribution >= 4 is 28.9 Å². The molecule has 2 aromatic carbocycles. The van der Waals surface area contributed by atoms with Crippen molar-refractivity contribution in [2.45, 2.75) is 13.5 Å². The SMILES string of the molecule is COc1ccc(CNc2cc(Nc3ccc(Cl)cc3C)ncn2)cc1. The summed E-state index contributed by atoms with van der Waals surface area (Å²) in [5, 5.41) is 7.30. The molecule has 0 aliphatic heterocycles. The number of benzene rings is 2. The fraction of sp³-hybridized carbons (Fsp3) is 0.158. The number of nitrogens with zero attached hydrogens (tertiary/aromatic N) is 2. The Kier molecular flexibility index (Phi) is 5.36. The van der Waals surface area contributed by atoms with Crippen LogP contribution in [0.1, 0.15) is 11.1 Å². The molecular formula is C19H19ClN4O. The van der Waals surface area contributed by atoms with Crippen LogP contribution in [-0.4, -0.2) is 17.1 Å². The zero-order valence-electron chi connectivity index (χ0n) is 14.1. The molecule has 6 heteroatoms. The number of rotatable bonds is 6. The van der Waals surface area contributed by atoms with E-state index in [4.69, 9.17) is 16.3 Å². The first kappa shape index (κ1) is 17.0. The van der Waals surface area contributed by atoms with Gasteiger partial charge in [-0.2, -0.15) is 0 Å². The second kappa shape index (κ2) is 7.85. The Morgan fingerprint density at radius 2 is 1.76 bits per heavy atom. The third kappa shape index (κ3) is 4.61. The molecule has 0 spiro atoms. The summed E-state index contributed by atoms with van der Waals surface area (Å²) in [5.41, 5.74) is 3.16. The Labute approximate surface area is 152 Å². The molecule has 0 atom stereocenters. The maximum Gasteiger partial charge on any atom is 0.135 e. The van der Waals surface area contributed by atoms with E-state index < -0.39 is 0 Å². The number of hydrogen-bond acceptors (Lipinski definition) is 5. The van der Waals surface area contributed by atoms with Crippen molar-refractivity contribution in [1.29, 1.82) is 0 Å². The quantitative estimate of drug-likeness (QED) is 0.665. The number of ether oxygens (including phenoxy) is 1. The zero-order valence-corrected chi connectivity index (χ0v) is 14.8. The Bertz CT molecular complexity index is 852. The topological polar surface area (TPSA) is 59.1 Å². The summed E-state index contributed by atoms with van der Waals surface area (Å²) in [5.74, 6) is 2.31. The molecule has 5 nitrogen and oxygen atoms in total. The first-order chi connectivity index (χ1) is 12.1. The van der Waals surface area contributed by atoms with E-state index in [0.29, 0.717) is 11.6 Å². The van der Waals surface area contributed by atoms with Gasteiger partial charge in [0.2, 0.25) is 0 Å². The van der Waals surface area contributed by atoms with E-state index in [1.807, 2.05) is 55.5 Å². The Hall–Kier alpha value is -2.79. The summed E-state index contributed by atoms with van der Waals surface area (Å²) in [7, 11) is 1.66. The molecule has 0 aliphatic rings. The van der Waals surface area contributed by atoms with Gasteiger partial charge < -0.3 is 15.4 Å². The highest BCUT2D eigenvalue weighted by atomic mass is 35.5. The fourth-order valence-electron chi connectivity index (χ4n) is 2.36. The van der Waals surface area contributed by atoms with Gasteiger partial charge in [-0.05, 0) is 48.4 Å². The van der Waals surface area contributed by atoms with Gasteiger partial charge >= 0.3 is 0 Å². The fourth-order valence-corrected chi connectivity index (χ4v) is 2.59. The van der Waals surface area contributed by atoms with Gasteiger partial charge in [-0.3, -0.25) is 0 Å². The molecule has 0 aliphatic carbocycles. The minimum atomic E-state index is 0.667. The highest BCUT2D eigenvalue weighted by Crippen LogP contribution is 2.23. The van der Waals surface area contributed by atoms with Crippen molar-refractivity contribution in [1.82, 2.24) is 9.97 Å². The van der Waals surface area contributed by atoms with Gasteiger partial charge in [-0.25, -0.2) is 9.97 Å². The summed E-state index contributed by atoms with van der Waals surface area (Å²) in [6, 6.07) is 15.5. The first-order valence-corrected chi connectivity index (χ1v) is 8.24. The van der Waals surface area contributed by atoms with Crippen molar-refractivity contribution < 1.29 is 4.74 Å². The van der Waals surface area contributed by atoms with Crippen molar-refractivity contribution in [3.05, 3.63) is 71.0 Å². The van der Waals surface area contributed by atoms with Crippen LogP contribution in [-0.2, 0) is 6.54 Å². The highest BCUT2D eigenvalue weighted by Gasteiger charge is 2.03. The smallest absolute Gasteiger partial charge is 0.135 e. The molecule has 2 N–H and O–H groups in total. The lowest BCUT2D eigenvalue weighted by molar-refractivity contribution is 0.414. The van der Waals surface area contributed by atoms with E-state index in [0.717, 1.165) is 34.2 Å². The molecule has 25 heavy (non-hydrogen) atoms. The molecule has 0 fully saturated rings. The number of anilines is 3. The molecule has 3 aromatic rings. The number of hydrogen-bond donors (Lipinski definition) is 2. The van der Waals surface area contributed by atoms with Crippen LogP contribution in [0.25, 0.3) is 0 Å². The van der Waals surface area contributed by atoms with Gasteiger partial charge in [0.05, 0.1) is 7.11 Å². The maximum absolute atomic E-state index is 5.99. The van der Waals surface area contributed by atoms with Gasteiger partial charge in [0.1, 0.15) is 23.7 Å². The second-order valence-electron chi connectivity index (χ2n) is 5.57. The van der Waals surface area contributed by atoms with Crippen molar-refractivity contribution in [3.8, 4) is 5.75 Å². The minimum absolute atomic E-state index is 0.667. The number of aryl methyl sites for hydroxylation is 1. The second-order valence-corrected chi connectivity index (χ2v) is 6.01. The molecule has 0 amide bonds. The molecule has 3 rings (SSSR count). The van der Waals surface area contributed by atoms with Crippen molar-refractivity contribution in [2.75, 3.05) is 17.7 Å². The van der Waals surface area contributed by atoms with Crippen LogP contribution in [0.3, 0.4) is 0 Å². The van der Waals surface area contributed by atoms with Gasteiger partial charge in [0, 0.05) is 23.3 Å². The lowest BCUT2D eigenvalue weighted by Gasteiger charge is -2.11. The van der Waals surface area contributed by atoms with E-state index >= 15 is 0 Å². The number of nitrogens with one attached hydrogen (secondary N) is 2. The normalized spacial score (nSPS) is 10.4. The molecule has 1 aromatic heterocycles. The van der Waals surface area contributed by atoms with E-state index in [9.17, 15) is 0 Å². The van der Waals surface area contributed by atoms with Gasteiger partial charge in [0.15, 0.2) is 0 Å². The largest absolute Gasteiger partial charge is 0.497 e. The Morgan fingerprint density at radius 1 is 1.00 bits per heavy atom. The van der Waals surface area contributed by atoms with Crippen LogP contribution in [0.2, 0.25) is 5.02 Å². The Morgan fingerprint density at radius 3 is 2.48 bits per heavy atom. The van der Waals surface area contributed by atoms with E-state index in [1.54, 1.807) is 7.11 Å². The minimum Gasteiger partial charge on any atom is -0.497 e. The van der Waals surface area contributed by atoms with Gasteiger partial charge in [0.25, 0.3) is 0 Å².